The Kier molecular flexibility index (Phi) is 5.24. The van der Waals surface area contributed by atoms with Crippen LogP contribution < -0.4 is 20.1 Å². The van der Waals surface area contributed by atoms with E-state index in [-0.39, 0.29) is 11.7 Å². The predicted octanol–water partition coefficient (Wildman–Crippen LogP) is 3.09. The largest absolute Gasteiger partial charge is 0.490 e. The second-order valence-electron chi connectivity index (χ2n) is 7.72. The second-order valence-corrected chi connectivity index (χ2v) is 8.66. The minimum absolute atomic E-state index is 0.101. The number of carbonyl (C=O) groups is 2. The van der Waals surface area contributed by atoms with Crippen LogP contribution in [0.3, 0.4) is 0 Å². The first kappa shape index (κ1) is 19.2. The zero-order valence-corrected chi connectivity index (χ0v) is 17.2. The molecule has 2 fully saturated rings. The van der Waals surface area contributed by atoms with Gasteiger partial charge in [0.15, 0.2) is 16.7 Å². The Labute approximate surface area is 177 Å². The standard InChI is InChI=1S/C20H23N5O4S/c26-17(11-30-20-24-23-18(12-2-3-12)25(20)14-5-6-14)22-19(27)21-13-4-7-15-16(10-13)29-9-1-8-28-15/h4,7,10,12,14H,1-3,5-6,8-9,11H2,(H2,21,22,26,27). The lowest BCUT2D eigenvalue weighted by Crippen LogP contribution is -2.35. The zero-order chi connectivity index (χ0) is 20.5. The molecule has 0 unspecified atom stereocenters. The number of fused-ring (bicyclic) bond motifs is 1. The van der Waals surface area contributed by atoms with Gasteiger partial charge in [0.05, 0.1) is 19.0 Å². The van der Waals surface area contributed by atoms with Crippen LogP contribution in [0, 0.1) is 0 Å². The molecule has 2 N–H and O–H groups in total. The molecule has 2 heterocycles. The summed E-state index contributed by atoms with van der Waals surface area (Å²) in [5.41, 5.74) is 0.528. The molecule has 0 atom stereocenters. The molecule has 2 aromatic rings. The number of aromatic nitrogens is 3. The summed E-state index contributed by atoms with van der Waals surface area (Å²) in [7, 11) is 0. The molecular weight excluding hydrogens is 406 g/mol. The van der Waals surface area contributed by atoms with Gasteiger partial charge in [-0.25, -0.2) is 4.79 Å². The van der Waals surface area contributed by atoms with Gasteiger partial charge in [-0.05, 0) is 37.8 Å². The summed E-state index contributed by atoms with van der Waals surface area (Å²) in [6.07, 6.45) is 5.40. The van der Waals surface area contributed by atoms with Crippen molar-refractivity contribution in [1.29, 1.82) is 0 Å². The number of nitrogens with zero attached hydrogens (tertiary/aromatic N) is 3. The van der Waals surface area contributed by atoms with E-state index in [0.717, 1.165) is 43.1 Å². The summed E-state index contributed by atoms with van der Waals surface area (Å²) in [5, 5.41) is 14.4. The molecule has 0 bridgehead atoms. The molecule has 1 aromatic carbocycles. The zero-order valence-electron chi connectivity index (χ0n) is 16.4. The lowest BCUT2D eigenvalue weighted by Gasteiger charge is -2.11. The van der Waals surface area contributed by atoms with Crippen LogP contribution in [0.4, 0.5) is 10.5 Å². The molecule has 0 saturated heterocycles. The van der Waals surface area contributed by atoms with Gasteiger partial charge in [-0.3, -0.25) is 10.1 Å². The van der Waals surface area contributed by atoms with Crippen molar-refractivity contribution in [1.82, 2.24) is 20.1 Å². The van der Waals surface area contributed by atoms with E-state index >= 15 is 0 Å². The summed E-state index contributed by atoms with van der Waals surface area (Å²) >= 11 is 1.32. The maximum absolute atomic E-state index is 12.3. The van der Waals surface area contributed by atoms with Gasteiger partial charge in [0.1, 0.15) is 5.82 Å². The number of benzene rings is 1. The number of hydrogen-bond acceptors (Lipinski definition) is 7. The van der Waals surface area contributed by atoms with Gasteiger partial charge in [-0.2, -0.15) is 0 Å². The maximum atomic E-state index is 12.3. The highest BCUT2D eigenvalue weighted by molar-refractivity contribution is 7.99. The number of ether oxygens (including phenoxy) is 2. The summed E-state index contributed by atoms with van der Waals surface area (Å²) in [4.78, 5) is 24.4. The quantitative estimate of drug-likeness (QED) is 0.680. The third kappa shape index (κ3) is 4.38. The Morgan fingerprint density at radius 2 is 1.90 bits per heavy atom. The van der Waals surface area contributed by atoms with Crippen molar-refractivity contribution in [3.05, 3.63) is 24.0 Å². The molecule has 3 aliphatic rings. The lowest BCUT2D eigenvalue weighted by atomic mass is 10.3. The van der Waals surface area contributed by atoms with Crippen LogP contribution in [-0.4, -0.2) is 45.7 Å². The topological polar surface area (TPSA) is 107 Å². The minimum atomic E-state index is -0.586. The molecule has 1 aromatic heterocycles. The van der Waals surface area contributed by atoms with Crippen molar-refractivity contribution >= 4 is 29.4 Å². The molecule has 10 heteroatoms. The summed E-state index contributed by atoms with van der Waals surface area (Å²) in [5.74, 6) is 2.51. The van der Waals surface area contributed by atoms with E-state index in [1.54, 1.807) is 18.2 Å². The second kappa shape index (κ2) is 8.17. The smallest absolute Gasteiger partial charge is 0.325 e. The third-order valence-corrected chi connectivity index (χ3v) is 6.08. The van der Waals surface area contributed by atoms with Crippen LogP contribution in [-0.2, 0) is 4.79 Å². The fourth-order valence-corrected chi connectivity index (χ4v) is 4.19. The van der Waals surface area contributed by atoms with Crippen molar-refractivity contribution in [2.24, 2.45) is 0 Å². The number of anilines is 1. The average molecular weight is 430 g/mol. The number of rotatable bonds is 6. The van der Waals surface area contributed by atoms with Gasteiger partial charge in [-0.1, -0.05) is 11.8 Å². The van der Waals surface area contributed by atoms with E-state index in [9.17, 15) is 9.59 Å². The Hall–Kier alpha value is -2.75. The first-order valence-electron chi connectivity index (χ1n) is 10.3. The van der Waals surface area contributed by atoms with Crippen molar-refractivity contribution in [3.63, 3.8) is 0 Å². The van der Waals surface area contributed by atoms with Crippen LogP contribution in [0.2, 0.25) is 0 Å². The molecule has 9 nitrogen and oxygen atoms in total. The van der Waals surface area contributed by atoms with Gasteiger partial charge < -0.3 is 19.4 Å². The maximum Gasteiger partial charge on any atom is 0.325 e. The Balaban J connectivity index is 1.15. The number of nitrogens with one attached hydrogen (secondary N) is 2. The molecule has 2 saturated carbocycles. The van der Waals surface area contributed by atoms with E-state index in [4.69, 9.17) is 9.47 Å². The molecule has 3 amide bonds. The molecule has 0 radical (unpaired) electrons. The highest BCUT2D eigenvalue weighted by Gasteiger charge is 2.36. The summed E-state index contributed by atoms with van der Waals surface area (Å²) < 4.78 is 13.4. The van der Waals surface area contributed by atoms with Crippen LogP contribution in [0.15, 0.2) is 23.4 Å². The van der Waals surface area contributed by atoms with Crippen molar-refractivity contribution in [2.45, 2.75) is 49.2 Å². The summed E-state index contributed by atoms with van der Waals surface area (Å²) in [6.45, 7) is 1.16. The SMILES string of the molecule is O=C(CSc1nnc(C2CC2)n1C1CC1)NC(=O)Nc1ccc2c(c1)OCCCO2. The summed E-state index contributed by atoms with van der Waals surface area (Å²) in [6, 6.07) is 5.03. The van der Waals surface area contributed by atoms with E-state index < -0.39 is 6.03 Å². The van der Waals surface area contributed by atoms with Crippen LogP contribution in [0.1, 0.15) is 49.9 Å². The molecule has 5 rings (SSSR count). The highest BCUT2D eigenvalue weighted by atomic mass is 32.2. The Morgan fingerprint density at radius 1 is 1.10 bits per heavy atom. The fourth-order valence-electron chi connectivity index (χ4n) is 3.38. The van der Waals surface area contributed by atoms with Crippen molar-refractivity contribution in [2.75, 3.05) is 24.3 Å². The van der Waals surface area contributed by atoms with E-state index in [2.05, 4.69) is 25.4 Å². The minimum Gasteiger partial charge on any atom is -0.490 e. The van der Waals surface area contributed by atoms with Crippen molar-refractivity contribution < 1.29 is 19.1 Å². The van der Waals surface area contributed by atoms with Gasteiger partial charge in [0.25, 0.3) is 0 Å². The van der Waals surface area contributed by atoms with E-state index in [1.807, 2.05) is 0 Å². The fraction of sp³-hybridized carbons (Fsp3) is 0.500. The van der Waals surface area contributed by atoms with Gasteiger partial charge in [0.2, 0.25) is 5.91 Å². The lowest BCUT2D eigenvalue weighted by molar-refractivity contribution is -0.117. The van der Waals surface area contributed by atoms with E-state index in [1.165, 1.54) is 11.8 Å². The van der Waals surface area contributed by atoms with Crippen molar-refractivity contribution in [3.8, 4) is 11.5 Å². The Bertz CT molecular complexity index is 970. The molecule has 30 heavy (non-hydrogen) atoms. The molecule has 158 valence electrons. The molecule has 1 aliphatic heterocycles. The number of thioether (sulfide) groups is 1. The molecule has 0 spiro atoms. The predicted molar refractivity (Wildman–Crippen MR) is 110 cm³/mol. The van der Waals surface area contributed by atoms with Crippen LogP contribution in [0.25, 0.3) is 0 Å². The van der Waals surface area contributed by atoms with Gasteiger partial charge in [0, 0.05) is 30.1 Å². The number of imide groups is 1. The monoisotopic (exact) mass is 429 g/mol. The first-order chi connectivity index (χ1) is 14.7. The Morgan fingerprint density at radius 3 is 2.67 bits per heavy atom. The van der Waals surface area contributed by atoms with Gasteiger partial charge >= 0.3 is 6.03 Å². The highest BCUT2D eigenvalue weighted by Crippen LogP contribution is 2.46. The van der Waals surface area contributed by atoms with Crippen LogP contribution >= 0.6 is 11.8 Å². The first-order valence-corrected chi connectivity index (χ1v) is 11.2. The third-order valence-electron chi connectivity index (χ3n) is 5.14. The number of hydrogen-bond donors (Lipinski definition) is 2. The number of carbonyl (C=O) groups excluding carboxylic acids is 2. The van der Waals surface area contributed by atoms with Gasteiger partial charge in [-0.15, -0.1) is 10.2 Å². The number of amides is 3. The van der Waals surface area contributed by atoms with Crippen LogP contribution in [0.5, 0.6) is 11.5 Å². The average Bonchev–Trinajstić information content (AvgIpc) is 3.63. The number of urea groups is 1. The normalized spacial score (nSPS) is 17.9. The molecular formula is C20H23N5O4S. The molecule has 2 aliphatic carbocycles. The van der Waals surface area contributed by atoms with E-state index in [0.29, 0.717) is 42.4 Å².